The molecule has 2 rings (SSSR count). The van der Waals surface area contributed by atoms with E-state index in [9.17, 15) is 0 Å². The van der Waals surface area contributed by atoms with Crippen molar-refractivity contribution in [3.05, 3.63) is 35.4 Å². The lowest BCUT2D eigenvalue weighted by Crippen LogP contribution is -2.38. The number of benzene rings is 1. The third-order valence-electron chi connectivity index (χ3n) is 4.20. The summed E-state index contributed by atoms with van der Waals surface area (Å²) in [5, 5.41) is 8.87. The Bertz CT molecular complexity index is 454. The van der Waals surface area contributed by atoms with Gasteiger partial charge >= 0.3 is 0 Å². The van der Waals surface area contributed by atoms with E-state index in [4.69, 9.17) is 11.0 Å². The van der Waals surface area contributed by atoms with Gasteiger partial charge in [0.2, 0.25) is 0 Å². The van der Waals surface area contributed by atoms with Crippen LogP contribution < -0.4 is 5.73 Å². The molecule has 0 atom stereocenters. The van der Waals surface area contributed by atoms with Crippen molar-refractivity contribution < 1.29 is 0 Å². The molecule has 1 aromatic carbocycles. The number of nitriles is 1. The highest BCUT2D eigenvalue weighted by atomic mass is 15.1. The van der Waals surface area contributed by atoms with E-state index in [1.807, 2.05) is 27.7 Å². The number of rotatable bonds is 4. The molecule has 1 fully saturated rings. The fourth-order valence-electron chi connectivity index (χ4n) is 2.73. The largest absolute Gasteiger partial charge is 0.326 e. The first-order chi connectivity index (χ1) is 11.1. The normalized spacial score (nSPS) is 16.2. The van der Waals surface area contributed by atoms with E-state index in [2.05, 4.69) is 42.2 Å². The molecule has 0 saturated carbocycles. The fourth-order valence-corrected chi connectivity index (χ4v) is 2.73. The Morgan fingerprint density at radius 3 is 2.22 bits per heavy atom. The van der Waals surface area contributed by atoms with Crippen molar-refractivity contribution in [3.63, 3.8) is 0 Å². The van der Waals surface area contributed by atoms with E-state index in [-0.39, 0.29) is 5.41 Å². The molecule has 0 radical (unpaired) electrons. The standard InChI is InChI=1S/C16H23N3.2C2H6/c1-16(5-8-17)6-9-19(10-7-16)13-15-4-2-3-14(11-15)12-18;2*1-2/h2-4,11H,5-7,9-10,12-13,18H2,1H3;2*1-2H3. The summed E-state index contributed by atoms with van der Waals surface area (Å²) in [5.41, 5.74) is 8.44. The second kappa shape index (κ2) is 12.1. The molecule has 0 aromatic heterocycles. The van der Waals surface area contributed by atoms with Crippen molar-refractivity contribution in [2.45, 2.75) is 67.0 Å². The Morgan fingerprint density at radius 2 is 1.70 bits per heavy atom. The molecular formula is C20H35N3. The summed E-state index contributed by atoms with van der Waals surface area (Å²) in [6.07, 6.45) is 2.93. The van der Waals surface area contributed by atoms with Gasteiger partial charge in [0.1, 0.15) is 0 Å². The Balaban J connectivity index is 0.00000112. The van der Waals surface area contributed by atoms with Crippen molar-refractivity contribution in [1.82, 2.24) is 4.90 Å². The molecule has 1 aliphatic rings. The fraction of sp³-hybridized carbons (Fsp3) is 0.650. The molecule has 23 heavy (non-hydrogen) atoms. The van der Waals surface area contributed by atoms with Crippen LogP contribution in [0.25, 0.3) is 0 Å². The van der Waals surface area contributed by atoms with Crippen molar-refractivity contribution in [2.24, 2.45) is 11.1 Å². The van der Waals surface area contributed by atoms with Gasteiger partial charge in [-0.15, -0.1) is 0 Å². The summed E-state index contributed by atoms with van der Waals surface area (Å²) in [6.45, 7) is 14.0. The second-order valence-electron chi connectivity index (χ2n) is 5.95. The molecule has 0 bridgehead atoms. The minimum Gasteiger partial charge on any atom is -0.326 e. The Labute approximate surface area is 143 Å². The minimum absolute atomic E-state index is 0.227. The van der Waals surface area contributed by atoms with Crippen LogP contribution in [-0.4, -0.2) is 18.0 Å². The molecule has 3 heteroatoms. The molecule has 1 saturated heterocycles. The Hall–Kier alpha value is -1.37. The van der Waals surface area contributed by atoms with Crippen molar-refractivity contribution in [1.29, 1.82) is 5.26 Å². The highest BCUT2D eigenvalue weighted by Crippen LogP contribution is 2.34. The Kier molecular flexibility index (Phi) is 11.4. The summed E-state index contributed by atoms with van der Waals surface area (Å²) in [6, 6.07) is 10.8. The maximum atomic E-state index is 8.87. The molecule has 1 aromatic rings. The summed E-state index contributed by atoms with van der Waals surface area (Å²) >= 11 is 0. The lowest BCUT2D eigenvalue weighted by Gasteiger charge is -2.38. The van der Waals surface area contributed by atoms with E-state index in [0.717, 1.165) is 32.5 Å². The summed E-state index contributed by atoms with van der Waals surface area (Å²) in [5.74, 6) is 0. The van der Waals surface area contributed by atoms with Gasteiger partial charge in [-0.3, -0.25) is 4.90 Å². The van der Waals surface area contributed by atoms with Crippen LogP contribution in [0.1, 0.15) is 65.0 Å². The van der Waals surface area contributed by atoms with E-state index < -0.39 is 0 Å². The number of piperidine rings is 1. The third kappa shape index (κ3) is 7.63. The highest BCUT2D eigenvalue weighted by Gasteiger charge is 2.29. The van der Waals surface area contributed by atoms with Crippen LogP contribution in [-0.2, 0) is 13.1 Å². The molecule has 0 amide bonds. The number of nitrogens with zero attached hydrogens (tertiary/aromatic N) is 2. The van der Waals surface area contributed by atoms with Gasteiger partial charge in [0.05, 0.1) is 6.07 Å². The highest BCUT2D eigenvalue weighted by molar-refractivity contribution is 5.23. The molecule has 0 aliphatic carbocycles. The van der Waals surface area contributed by atoms with Crippen LogP contribution in [0, 0.1) is 16.7 Å². The van der Waals surface area contributed by atoms with Crippen molar-refractivity contribution in [3.8, 4) is 6.07 Å². The molecular weight excluding hydrogens is 282 g/mol. The van der Waals surface area contributed by atoms with Crippen LogP contribution in [0.15, 0.2) is 24.3 Å². The quantitative estimate of drug-likeness (QED) is 0.874. The molecule has 1 aliphatic heterocycles. The smallest absolute Gasteiger partial charge is 0.0627 e. The van der Waals surface area contributed by atoms with Gasteiger partial charge in [0, 0.05) is 19.5 Å². The number of likely N-dealkylation sites (tertiary alicyclic amines) is 1. The van der Waals surface area contributed by atoms with Gasteiger partial charge < -0.3 is 5.73 Å². The van der Waals surface area contributed by atoms with E-state index in [1.165, 1.54) is 11.1 Å². The average molecular weight is 318 g/mol. The van der Waals surface area contributed by atoms with Crippen LogP contribution in [0.4, 0.5) is 0 Å². The molecule has 130 valence electrons. The van der Waals surface area contributed by atoms with E-state index in [1.54, 1.807) is 0 Å². The van der Waals surface area contributed by atoms with Gasteiger partial charge in [0.25, 0.3) is 0 Å². The number of nitrogens with two attached hydrogens (primary N) is 1. The Morgan fingerprint density at radius 1 is 1.13 bits per heavy atom. The van der Waals surface area contributed by atoms with Crippen LogP contribution >= 0.6 is 0 Å². The first kappa shape index (κ1) is 21.6. The predicted molar refractivity (Wildman–Crippen MR) is 99.9 cm³/mol. The first-order valence-electron chi connectivity index (χ1n) is 9.02. The van der Waals surface area contributed by atoms with Gasteiger partial charge in [-0.05, 0) is 42.5 Å². The first-order valence-corrected chi connectivity index (χ1v) is 9.02. The molecule has 0 spiro atoms. The van der Waals surface area contributed by atoms with Gasteiger partial charge in [-0.1, -0.05) is 58.9 Å². The zero-order valence-electron chi connectivity index (χ0n) is 15.7. The van der Waals surface area contributed by atoms with Gasteiger partial charge in [-0.2, -0.15) is 5.26 Å². The zero-order valence-corrected chi connectivity index (χ0v) is 15.7. The summed E-state index contributed by atoms with van der Waals surface area (Å²) in [7, 11) is 0. The van der Waals surface area contributed by atoms with Crippen LogP contribution in [0.5, 0.6) is 0 Å². The molecule has 2 N–H and O–H groups in total. The average Bonchev–Trinajstić information content (AvgIpc) is 2.61. The second-order valence-corrected chi connectivity index (χ2v) is 5.95. The topological polar surface area (TPSA) is 53.0 Å². The summed E-state index contributed by atoms with van der Waals surface area (Å²) in [4.78, 5) is 2.48. The third-order valence-corrected chi connectivity index (χ3v) is 4.20. The zero-order chi connectivity index (χ0) is 17.7. The van der Waals surface area contributed by atoms with Crippen LogP contribution in [0.2, 0.25) is 0 Å². The predicted octanol–water partition coefficient (Wildman–Crippen LogP) is 4.71. The minimum atomic E-state index is 0.227. The molecule has 1 heterocycles. The lowest BCUT2D eigenvalue weighted by molar-refractivity contribution is 0.116. The monoisotopic (exact) mass is 317 g/mol. The van der Waals surface area contributed by atoms with Crippen LogP contribution in [0.3, 0.4) is 0 Å². The molecule has 3 nitrogen and oxygen atoms in total. The van der Waals surface area contributed by atoms with Crippen molar-refractivity contribution >= 4 is 0 Å². The number of hydrogen-bond donors (Lipinski definition) is 1. The molecule has 0 unspecified atom stereocenters. The van der Waals surface area contributed by atoms with Gasteiger partial charge in [0.15, 0.2) is 0 Å². The SMILES string of the molecule is CC.CC.CC1(CC#N)CCN(Cc2cccc(CN)c2)CC1. The van der Waals surface area contributed by atoms with Gasteiger partial charge in [-0.25, -0.2) is 0 Å². The maximum Gasteiger partial charge on any atom is 0.0627 e. The lowest BCUT2D eigenvalue weighted by atomic mass is 9.78. The maximum absolute atomic E-state index is 8.87. The van der Waals surface area contributed by atoms with Crippen molar-refractivity contribution in [2.75, 3.05) is 13.1 Å². The van der Waals surface area contributed by atoms with E-state index in [0.29, 0.717) is 13.0 Å². The number of hydrogen-bond acceptors (Lipinski definition) is 3. The van der Waals surface area contributed by atoms with E-state index >= 15 is 0 Å². The summed E-state index contributed by atoms with van der Waals surface area (Å²) < 4.78 is 0.